The van der Waals surface area contributed by atoms with Gasteiger partial charge in [-0.15, -0.1) is 0 Å². The van der Waals surface area contributed by atoms with Crippen molar-refractivity contribution < 1.29 is 8.78 Å². The van der Waals surface area contributed by atoms with Gasteiger partial charge in [0.15, 0.2) is 5.82 Å². The lowest BCUT2D eigenvalue weighted by Crippen LogP contribution is -2.26. The summed E-state index contributed by atoms with van der Waals surface area (Å²) in [6, 6.07) is 2.05. The monoisotopic (exact) mass is 274 g/mol. The zero-order valence-corrected chi connectivity index (χ0v) is 11.1. The van der Waals surface area contributed by atoms with E-state index in [1.807, 2.05) is 4.90 Å². The Morgan fingerprint density at radius 2 is 2.22 bits per heavy atom. The molecule has 0 aliphatic carbocycles. The summed E-state index contributed by atoms with van der Waals surface area (Å²) in [6.45, 7) is 5.44. The molecule has 2 nitrogen and oxygen atoms in total. The maximum Gasteiger partial charge on any atom is 0.150 e. The third-order valence-electron chi connectivity index (χ3n) is 3.27. The van der Waals surface area contributed by atoms with Gasteiger partial charge in [-0.2, -0.15) is 0 Å². The summed E-state index contributed by atoms with van der Waals surface area (Å²) in [7, 11) is 0. The van der Waals surface area contributed by atoms with E-state index in [4.69, 9.17) is 11.6 Å². The van der Waals surface area contributed by atoms with E-state index < -0.39 is 11.6 Å². The molecule has 1 saturated heterocycles. The molecular formula is C13H17ClF2N2. The Labute approximate surface area is 111 Å². The van der Waals surface area contributed by atoms with Crippen molar-refractivity contribution in [2.75, 3.05) is 31.1 Å². The van der Waals surface area contributed by atoms with Gasteiger partial charge in [-0.3, -0.25) is 0 Å². The number of anilines is 1. The lowest BCUT2D eigenvalue weighted by atomic mass is 10.1. The van der Waals surface area contributed by atoms with Gasteiger partial charge in [0, 0.05) is 19.2 Å². The number of rotatable bonds is 4. The zero-order valence-electron chi connectivity index (χ0n) is 10.3. The quantitative estimate of drug-likeness (QED) is 0.908. The largest absolute Gasteiger partial charge is 0.368 e. The molecule has 5 heteroatoms. The second-order valence-electron chi connectivity index (χ2n) is 4.63. The second-order valence-corrected chi connectivity index (χ2v) is 5.03. The maximum absolute atomic E-state index is 13.8. The number of nitrogens with zero attached hydrogens (tertiary/aromatic N) is 1. The summed E-state index contributed by atoms with van der Waals surface area (Å²) >= 11 is 5.93. The summed E-state index contributed by atoms with van der Waals surface area (Å²) in [5, 5.41) is 3.44. The molecule has 1 aromatic rings. The molecular weight excluding hydrogens is 258 g/mol. The van der Waals surface area contributed by atoms with Crippen molar-refractivity contribution in [3.05, 3.63) is 28.8 Å². The summed E-state index contributed by atoms with van der Waals surface area (Å²) in [4.78, 5) is 1.90. The van der Waals surface area contributed by atoms with Crippen molar-refractivity contribution in [1.82, 2.24) is 5.32 Å². The zero-order chi connectivity index (χ0) is 13.1. The van der Waals surface area contributed by atoms with E-state index in [0.29, 0.717) is 11.6 Å². The minimum atomic E-state index is -0.635. The van der Waals surface area contributed by atoms with E-state index in [9.17, 15) is 8.78 Å². The van der Waals surface area contributed by atoms with Gasteiger partial charge >= 0.3 is 0 Å². The van der Waals surface area contributed by atoms with Crippen LogP contribution in [0.15, 0.2) is 12.1 Å². The molecule has 0 saturated carbocycles. The highest BCUT2D eigenvalue weighted by Crippen LogP contribution is 2.33. The third-order valence-corrected chi connectivity index (χ3v) is 3.55. The van der Waals surface area contributed by atoms with Crippen LogP contribution in [-0.2, 0) is 0 Å². The van der Waals surface area contributed by atoms with Gasteiger partial charge in [0.05, 0.1) is 10.7 Å². The molecule has 1 aliphatic rings. The third kappa shape index (κ3) is 2.93. The van der Waals surface area contributed by atoms with E-state index >= 15 is 0 Å². The molecule has 2 rings (SSSR count). The van der Waals surface area contributed by atoms with Crippen molar-refractivity contribution in [2.24, 2.45) is 5.92 Å². The summed E-state index contributed by atoms with van der Waals surface area (Å²) < 4.78 is 26.7. The van der Waals surface area contributed by atoms with Crippen LogP contribution in [0.2, 0.25) is 5.02 Å². The van der Waals surface area contributed by atoms with Crippen LogP contribution in [0.25, 0.3) is 0 Å². The van der Waals surface area contributed by atoms with Gasteiger partial charge in [-0.1, -0.05) is 18.5 Å². The highest BCUT2D eigenvalue weighted by Gasteiger charge is 2.26. The lowest BCUT2D eigenvalue weighted by Gasteiger charge is -2.21. The molecule has 1 unspecified atom stereocenters. The number of nitrogens with one attached hydrogen (secondary N) is 1. The fourth-order valence-electron chi connectivity index (χ4n) is 2.39. The lowest BCUT2D eigenvalue weighted by molar-refractivity contribution is 0.526. The molecule has 0 spiro atoms. The molecule has 0 radical (unpaired) electrons. The van der Waals surface area contributed by atoms with Crippen molar-refractivity contribution >= 4 is 17.3 Å². The van der Waals surface area contributed by atoms with Crippen molar-refractivity contribution in [2.45, 2.75) is 13.3 Å². The van der Waals surface area contributed by atoms with Gasteiger partial charge < -0.3 is 10.2 Å². The Morgan fingerprint density at radius 3 is 2.89 bits per heavy atom. The topological polar surface area (TPSA) is 15.3 Å². The van der Waals surface area contributed by atoms with Crippen LogP contribution in [0.5, 0.6) is 0 Å². The van der Waals surface area contributed by atoms with Gasteiger partial charge in [-0.05, 0) is 31.5 Å². The molecule has 0 aromatic heterocycles. The summed E-state index contributed by atoms with van der Waals surface area (Å²) in [5.74, 6) is -0.723. The van der Waals surface area contributed by atoms with Crippen LogP contribution in [0.1, 0.15) is 13.3 Å². The Kier molecular flexibility index (Phi) is 4.40. The highest BCUT2D eigenvalue weighted by molar-refractivity contribution is 6.33. The van der Waals surface area contributed by atoms with E-state index in [1.165, 1.54) is 0 Å². The minimum Gasteiger partial charge on any atom is -0.368 e. The van der Waals surface area contributed by atoms with Gasteiger partial charge in [0.25, 0.3) is 0 Å². The first-order valence-corrected chi connectivity index (χ1v) is 6.59. The molecule has 1 aliphatic heterocycles. The predicted molar refractivity (Wildman–Crippen MR) is 70.2 cm³/mol. The molecule has 100 valence electrons. The van der Waals surface area contributed by atoms with Crippen LogP contribution in [-0.4, -0.2) is 26.2 Å². The smallest absolute Gasteiger partial charge is 0.150 e. The Morgan fingerprint density at radius 1 is 1.44 bits per heavy atom. The SMILES string of the molecule is CCNCC1CCN(c2c(F)cc(F)cc2Cl)C1. The first-order chi connectivity index (χ1) is 8.61. The summed E-state index contributed by atoms with van der Waals surface area (Å²) in [5.41, 5.74) is 0.331. The van der Waals surface area contributed by atoms with E-state index in [2.05, 4.69) is 12.2 Å². The molecule has 0 bridgehead atoms. The molecule has 18 heavy (non-hydrogen) atoms. The van der Waals surface area contributed by atoms with Crippen LogP contribution < -0.4 is 10.2 Å². The first-order valence-electron chi connectivity index (χ1n) is 6.22. The highest BCUT2D eigenvalue weighted by atomic mass is 35.5. The number of hydrogen-bond donors (Lipinski definition) is 1. The van der Waals surface area contributed by atoms with E-state index in [-0.39, 0.29) is 5.02 Å². The summed E-state index contributed by atoms with van der Waals surface area (Å²) in [6.07, 6.45) is 1.00. The average Bonchev–Trinajstić information content (AvgIpc) is 2.73. The number of benzene rings is 1. The molecule has 1 fully saturated rings. The van der Waals surface area contributed by atoms with Crippen LogP contribution in [0.4, 0.5) is 14.5 Å². The fraction of sp³-hybridized carbons (Fsp3) is 0.538. The van der Waals surface area contributed by atoms with Crippen molar-refractivity contribution in [3.63, 3.8) is 0 Å². The van der Waals surface area contributed by atoms with Crippen molar-refractivity contribution in [1.29, 1.82) is 0 Å². The Balaban J connectivity index is 2.09. The van der Waals surface area contributed by atoms with Crippen molar-refractivity contribution in [3.8, 4) is 0 Å². The van der Waals surface area contributed by atoms with Gasteiger partial charge in [0.2, 0.25) is 0 Å². The molecule has 1 heterocycles. The standard InChI is InChI=1S/C13H17ClF2N2/c1-2-17-7-9-3-4-18(8-9)13-11(14)5-10(15)6-12(13)16/h5-6,9,17H,2-4,7-8H2,1H3. The van der Waals surface area contributed by atoms with Crippen LogP contribution in [0, 0.1) is 17.6 Å². The molecule has 1 aromatic carbocycles. The normalized spacial score (nSPS) is 19.6. The van der Waals surface area contributed by atoms with Crippen LogP contribution >= 0.6 is 11.6 Å². The molecule has 0 amide bonds. The van der Waals surface area contributed by atoms with Gasteiger partial charge in [-0.25, -0.2) is 8.78 Å². The molecule has 1 N–H and O–H groups in total. The Hall–Kier alpha value is -0.870. The first kappa shape index (κ1) is 13.6. The van der Waals surface area contributed by atoms with Gasteiger partial charge in [0.1, 0.15) is 5.82 Å². The van der Waals surface area contributed by atoms with E-state index in [1.54, 1.807) is 0 Å². The Bertz CT molecular complexity index is 402. The van der Waals surface area contributed by atoms with Crippen LogP contribution in [0.3, 0.4) is 0 Å². The number of halogens is 3. The number of hydrogen-bond acceptors (Lipinski definition) is 2. The molecule has 1 atom stereocenters. The maximum atomic E-state index is 13.8. The predicted octanol–water partition coefficient (Wildman–Crippen LogP) is 3.05. The minimum absolute atomic E-state index is 0.150. The second kappa shape index (κ2) is 5.85. The fourth-order valence-corrected chi connectivity index (χ4v) is 2.70. The average molecular weight is 275 g/mol. The van der Waals surface area contributed by atoms with E-state index in [0.717, 1.165) is 44.7 Å².